The van der Waals surface area contributed by atoms with Crippen molar-refractivity contribution in [3.05, 3.63) is 57.5 Å². The van der Waals surface area contributed by atoms with Crippen LogP contribution >= 0.6 is 11.3 Å². The van der Waals surface area contributed by atoms with Crippen LogP contribution < -0.4 is 0 Å². The smallest absolute Gasteiger partial charge is 0.297 e. The summed E-state index contributed by atoms with van der Waals surface area (Å²) in [6, 6.07) is 8.44. The number of carbonyl (C=O) groups is 1. The molecule has 2 aliphatic rings. The molecule has 9 heteroatoms. The van der Waals surface area contributed by atoms with Crippen LogP contribution in [0.1, 0.15) is 34.9 Å². The lowest BCUT2D eigenvalue weighted by Gasteiger charge is -2.34. The Morgan fingerprint density at radius 2 is 1.89 bits per heavy atom. The molecule has 146 valence electrons. The first-order valence-corrected chi connectivity index (χ1v) is 10.8. The molecule has 1 unspecified atom stereocenters. The highest BCUT2D eigenvalue weighted by Gasteiger charge is 2.40. The van der Waals surface area contributed by atoms with Gasteiger partial charge in [-0.25, -0.2) is 4.39 Å². The Labute approximate surface area is 161 Å². The standard InChI is InChI=1S/C18H18FNOS.H2O4S/c19-15-4-2-1-3-14(15)17(18(21)12-5-6-12)20-9-7-16-13(11-20)8-10-22-16;1-5(2,3)4/h1-4,8,10,12,17H,5-7,9,11H2;(H2,1,2,3,4). The van der Waals surface area contributed by atoms with E-state index in [4.69, 9.17) is 17.5 Å². The summed E-state index contributed by atoms with van der Waals surface area (Å²) in [6.45, 7) is 1.57. The average Bonchev–Trinajstić information content (AvgIpc) is 3.33. The number of ketones is 1. The third kappa shape index (κ3) is 5.43. The Morgan fingerprint density at radius 1 is 1.22 bits per heavy atom. The maximum atomic E-state index is 14.3. The number of hydrogen-bond donors (Lipinski definition) is 2. The molecule has 0 amide bonds. The van der Waals surface area contributed by atoms with Gasteiger partial charge in [0.1, 0.15) is 5.82 Å². The van der Waals surface area contributed by atoms with Gasteiger partial charge < -0.3 is 0 Å². The molecule has 2 aromatic rings. The maximum absolute atomic E-state index is 14.3. The van der Waals surface area contributed by atoms with Gasteiger partial charge in [-0.3, -0.25) is 18.8 Å². The minimum atomic E-state index is -4.67. The zero-order valence-corrected chi connectivity index (χ0v) is 16.0. The van der Waals surface area contributed by atoms with E-state index in [1.54, 1.807) is 23.5 Å². The van der Waals surface area contributed by atoms with E-state index in [0.29, 0.717) is 5.56 Å². The molecular formula is C18H20FNO5S2. The molecule has 4 rings (SSSR count). The summed E-state index contributed by atoms with van der Waals surface area (Å²) in [4.78, 5) is 16.4. The minimum absolute atomic E-state index is 0.133. The van der Waals surface area contributed by atoms with Crippen LogP contribution in [-0.4, -0.2) is 34.8 Å². The molecule has 2 N–H and O–H groups in total. The molecule has 1 atom stereocenters. The molecule has 0 radical (unpaired) electrons. The first-order chi connectivity index (χ1) is 12.7. The van der Waals surface area contributed by atoms with E-state index in [9.17, 15) is 9.18 Å². The van der Waals surface area contributed by atoms with Gasteiger partial charge in [0.25, 0.3) is 0 Å². The number of carbonyl (C=O) groups excluding carboxylic acids is 1. The van der Waals surface area contributed by atoms with Crippen LogP contribution in [0.3, 0.4) is 0 Å². The van der Waals surface area contributed by atoms with Crippen molar-refractivity contribution in [1.29, 1.82) is 0 Å². The van der Waals surface area contributed by atoms with Crippen LogP contribution in [0.25, 0.3) is 0 Å². The lowest BCUT2D eigenvalue weighted by Crippen LogP contribution is -2.38. The summed E-state index contributed by atoms with van der Waals surface area (Å²) in [5, 5.41) is 2.11. The van der Waals surface area contributed by atoms with Crippen molar-refractivity contribution >= 4 is 27.5 Å². The Kier molecular flexibility index (Phi) is 6.07. The number of thiophene rings is 1. The van der Waals surface area contributed by atoms with E-state index in [-0.39, 0.29) is 17.5 Å². The summed E-state index contributed by atoms with van der Waals surface area (Å²) in [6.07, 6.45) is 2.87. The molecule has 1 saturated carbocycles. The first-order valence-electron chi connectivity index (χ1n) is 8.51. The summed E-state index contributed by atoms with van der Waals surface area (Å²) in [7, 11) is -4.67. The van der Waals surface area contributed by atoms with Gasteiger partial charge in [-0.15, -0.1) is 11.3 Å². The SMILES string of the molecule is O=C(C1CC1)C(c1ccccc1F)N1CCc2sccc2C1.O=S(=O)(O)O. The highest BCUT2D eigenvalue weighted by Crippen LogP contribution is 2.39. The minimum Gasteiger partial charge on any atom is -0.297 e. The number of benzene rings is 1. The molecule has 27 heavy (non-hydrogen) atoms. The highest BCUT2D eigenvalue weighted by molar-refractivity contribution is 7.79. The van der Waals surface area contributed by atoms with Crippen molar-refractivity contribution in [2.45, 2.75) is 31.8 Å². The van der Waals surface area contributed by atoms with Gasteiger partial charge in [-0.1, -0.05) is 18.2 Å². The van der Waals surface area contributed by atoms with Gasteiger partial charge in [0.15, 0.2) is 5.78 Å². The van der Waals surface area contributed by atoms with Crippen LogP contribution in [0.15, 0.2) is 35.7 Å². The van der Waals surface area contributed by atoms with Crippen LogP contribution in [0, 0.1) is 11.7 Å². The van der Waals surface area contributed by atoms with Crippen LogP contribution in [0.5, 0.6) is 0 Å². The molecular weight excluding hydrogens is 393 g/mol. The molecule has 0 bridgehead atoms. The average molecular weight is 413 g/mol. The third-order valence-electron chi connectivity index (χ3n) is 4.65. The number of Topliss-reactive ketones (excluding diaryl/α,β-unsaturated/α-hetero) is 1. The molecule has 0 saturated heterocycles. The quantitative estimate of drug-likeness (QED) is 0.747. The zero-order valence-electron chi connectivity index (χ0n) is 14.4. The number of rotatable bonds is 4. The van der Waals surface area contributed by atoms with E-state index >= 15 is 0 Å². The molecule has 1 aromatic heterocycles. The van der Waals surface area contributed by atoms with E-state index in [2.05, 4.69) is 16.3 Å². The Balaban J connectivity index is 0.000000376. The maximum Gasteiger partial charge on any atom is 0.394 e. The van der Waals surface area contributed by atoms with Gasteiger partial charge in [-0.05, 0) is 42.3 Å². The number of hydrogen-bond acceptors (Lipinski definition) is 5. The molecule has 6 nitrogen and oxygen atoms in total. The number of nitrogens with zero attached hydrogens (tertiary/aromatic N) is 1. The summed E-state index contributed by atoms with van der Waals surface area (Å²) >= 11 is 1.78. The van der Waals surface area contributed by atoms with Gasteiger partial charge in [0, 0.05) is 29.4 Å². The van der Waals surface area contributed by atoms with Gasteiger partial charge >= 0.3 is 10.4 Å². The molecule has 1 fully saturated rings. The fourth-order valence-corrected chi connectivity index (χ4v) is 4.20. The van der Waals surface area contributed by atoms with Crippen molar-refractivity contribution in [1.82, 2.24) is 4.90 Å². The normalized spacial score (nSPS) is 18.2. The lowest BCUT2D eigenvalue weighted by atomic mass is 9.95. The van der Waals surface area contributed by atoms with Crippen LogP contribution in [0.2, 0.25) is 0 Å². The lowest BCUT2D eigenvalue weighted by molar-refractivity contribution is -0.126. The van der Waals surface area contributed by atoms with Gasteiger partial charge in [0.05, 0.1) is 6.04 Å². The largest absolute Gasteiger partial charge is 0.394 e. The topological polar surface area (TPSA) is 94.9 Å². The predicted molar refractivity (Wildman–Crippen MR) is 99.5 cm³/mol. The fourth-order valence-electron chi connectivity index (χ4n) is 3.31. The van der Waals surface area contributed by atoms with E-state index < -0.39 is 16.4 Å². The monoisotopic (exact) mass is 413 g/mol. The number of halogens is 1. The van der Waals surface area contributed by atoms with Crippen molar-refractivity contribution < 1.29 is 26.7 Å². The van der Waals surface area contributed by atoms with E-state index in [1.807, 2.05) is 6.07 Å². The summed E-state index contributed by atoms with van der Waals surface area (Å²) in [5.41, 5.74) is 1.83. The molecule has 1 aliphatic carbocycles. The van der Waals surface area contributed by atoms with E-state index in [0.717, 1.165) is 32.4 Å². The second kappa shape index (κ2) is 8.15. The van der Waals surface area contributed by atoms with Crippen molar-refractivity contribution in [3.8, 4) is 0 Å². The fraction of sp³-hybridized carbons (Fsp3) is 0.389. The second-order valence-corrected chi connectivity index (χ2v) is 8.53. The Bertz CT molecular complexity index is 915. The van der Waals surface area contributed by atoms with Gasteiger partial charge in [-0.2, -0.15) is 8.42 Å². The van der Waals surface area contributed by atoms with Gasteiger partial charge in [0.2, 0.25) is 0 Å². The Hall–Kier alpha value is -1.65. The number of fused-ring (bicyclic) bond motifs is 1. The van der Waals surface area contributed by atoms with Crippen molar-refractivity contribution in [3.63, 3.8) is 0 Å². The molecule has 2 heterocycles. The highest BCUT2D eigenvalue weighted by atomic mass is 32.3. The second-order valence-electron chi connectivity index (χ2n) is 6.64. The van der Waals surface area contributed by atoms with Crippen LogP contribution in [-0.2, 0) is 28.2 Å². The van der Waals surface area contributed by atoms with E-state index in [1.165, 1.54) is 16.5 Å². The zero-order chi connectivity index (χ0) is 19.6. The molecule has 0 spiro atoms. The first kappa shape index (κ1) is 20.1. The summed E-state index contributed by atoms with van der Waals surface area (Å²) in [5.74, 6) is 0.0647. The molecule has 1 aromatic carbocycles. The molecule has 1 aliphatic heterocycles. The van der Waals surface area contributed by atoms with Crippen molar-refractivity contribution in [2.24, 2.45) is 5.92 Å². The van der Waals surface area contributed by atoms with Crippen LogP contribution in [0.4, 0.5) is 4.39 Å². The van der Waals surface area contributed by atoms with Crippen molar-refractivity contribution in [2.75, 3.05) is 6.54 Å². The Morgan fingerprint density at radius 3 is 2.52 bits per heavy atom. The predicted octanol–water partition coefficient (Wildman–Crippen LogP) is 3.31. The third-order valence-corrected chi connectivity index (χ3v) is 5.67. The summed E-state index contributed by atoms with van der Waals surface area (Å²) < 4.78 is 45.9.